The topological polar surface area (TPSA) is 40.5 Å². The molecule has 0 spiro atoms. The van der Waals surface area contributed by atoms with Gasteiger partial charge in [-0.25, -0.2) is 4.79 Å². The zero-order chi connectivity index (χ0) is 14.0. The second kappa shape index (κ2) is 4.97. The Hall–Kier alpha value is -1.94. The lowest BCUT2D eigenvalue weighted by molar-refractivity contribution is -0.166. The number of hydrogen-bond donors (Lipinski definition) is 1. The molecule has 0 fully saturated rings. The van der Waals surface area contributed by atoms with Gasteiger partial charge in [-0.3, -0.25) is 0 Å². The number of aliphatic carboxylic acids is 1. The highest BCUT2D eigenvalue weighted by atomic mass is 19.2. The maximum atomic E-state index is 14.1. The number of rotatable bonds is 4. The zero-order valence-electron chi connectivity index (χ0n) is 10.9. The van der Waals surface area contributed by atoms with Gasteiger partial charge < -0.3 is 5.11 Å². The summed E-state index contributed by atoms with van der Waals surface area (Å²) in [6.07, 6.45) is 0. The monoisotopic (exact) mass is 261 g/mol. The van der Waals surface area contributed by atoms with Crippen LogP contribution >= 0.6 is 0 Å². The zero-order valence-corrected chi connectivity index (χ0v) is 10.9. The average molecular weight is 261 g/mol. The molecule has 0 saturated carbocycles. The number of likely N-dealkylation sites (N-methyl/N-ethyl adjacent to an activating group) is 1. The summed E-state index contributed by atoms with van der Waals surface area (Å²) in [5, 5.41) is 11.5. The van der Waals surface area contributed by atoms with Crippen molar-refractivity contribution in [2.75, 3.05) is 6.54 Å². The number of nitrogens with zero attached hydrogens (tertiary/aromatic N) is 1. The third kappa shape index (κ3) is 2.08. The first kappa shape index (κ1) is 13.5. The molecule has 2 aromatic carbocycles. The van der Waals surface area contributed by atoms with Crippen molar-refractivity contribution in [3.05, 3.63) is 48.0 Å². The molecule has 19 heavy (non-hydrogen) atoms. The fourth-order valence-corrected chi connectivity index (χ4v) is 2.32. The van der Waals surface area contributed by atoms with Crippen LogP contribution in [0.2, 0.25) is 0 Å². The summed E-state index contributed by atoms with van der Waals surface area (Å²) in [5.41, 5.74) is -1.22. The van der Waals surface area contributed by atoms with Crippen molar-refractivity contribution >= 4 is 16.7 Å². The van der Waals surface area contributed by atoms with Crippen LogP contribution in [0.15, 0.2) is 42.5 Å². The molecule has 0 heterocycles. The Morgan fingerprint density at radius 2 is 1.89 bits per heavy atom. The van der Waals surface area contributed by atoms with E-state index >= 15 is 0 Å². The van der Waals surface area contributed by atoms with Crippen LogP contribution in [0.4, 0.5) is 4.48 Å². The van der Waals surface area contributed by atoms with E-state index in [9.17, 15) is 14.4 Å². The average Bonchev–Trinajstić information content (AvgIpc) is 2.44. The number of hydrogen-bond acceptors (Lipinski definition) is 2. The standard InChI is InChI=1S/C15H16FNO2/c1-3-17(16)15(2,14(18)19)13-10-6-8-11-7-4-5-9-12(11)13/h4-10H,3H2,1-2H3,(H,18,19). The Bertz CT molecular complexity index is 609. The van der Waals surface area contributed by atoms with Crippen molar-refractivity contribution in [3.8, 4) is 0 Å². The molecule has 0 saturated heterocycles. The predicted octanol–water partition coefficient (Wildman–Crippen LogP) is 3.35. The quantitative estimate of drug-likeness (QED) is 0.858. The Labute approximate surface area is 111 Å². The predicted molar refractivity (Wildman–Crippen MR) is 72.4 cm³/mol. The second-order valence-electron chi connectivity index (χ2n) is 4.58. The smallest absolute Gasteiger partial charge is 0.331 e. The Morgan fingerprint density at radius 1 is 1.26 bits per heavy atom. The molecule has 0 amide bonds. The van der Waals surface area contributed by atoms with Gasteiger partial charge in [0.1, 0.15) is 0 Å². The molecule has 0 aliphatic rings. The van der Waals surface area contributed by atoms with E-state index in [2.05, 4.69) is 0 Å². The van der Waals surface area contributed by atoms with Crippen LogP contribution in [-0.2, 0) is 10.3 Å². The molecule has 1 N–H and O–H groups in total. The van der Waals surface area contributed by atoms with Gasteiger partial charge in [-0.05, 0) is 30.2 Å². The first-order valence-corrected chi connectivity index (χ1v) is 6.17. The molecule has 1 unspecified atom stereocenters. The van der Waals surface area contributed by atoms with E-state index in [0.29, 0.717) is 10.7 Å². The minimum Gasteiger partial charge on any atom is -0.480 e. The Balaban J connectivity index is 2.73. The van der Waals surface area contributed by atoms with E-state index < -0.39 is 11.5 Å². The van der Waals surface area contributed by atoms with Crippen molar-refractivity contribution in [1.82, 2.24) is 5.12 Å². The Kier molecular flexibility index (Phi) is 3.53. The molecule has 3 nitrogen and oxygen atoms in total. The van der Waals surface area contributed by atoms with Gasteiger partial charge >= 0.3 is 5.97 Å². The summed E-state index contributed by atoms with van der Waals surface area (Å²) in [6, 6.07) is 12.7. The van der Waals surface area contributed by atoms with Crippen molar-refractivity contribution < 1.29 is 14.4 Å². The number of carboxylic acids is 1. The summed E-state index contributed by atoms with van der Waals surface area (Å²) < 4.78 is 14.1. The summed E-state index contributed by atoms with van der Waals surface area (Å²) in [7, 11) is 0. The maximum absolute atomic E-state index is 14.1. The molecule has 2 aromatic rings. The molecule has 0 aliphatic heterocycles. The van der Waals surface area contributed by atoms with Crippen molar-refractivity contribution in [3.63, 3.8) is 0 Å². The molecule has 0 radical (unpaired) electrons. The van der Waals surface area contributed by atoms with Crippen LogP contribution in [0.5, 0.6) is 0 Å². The number of carbonyl (C=O) groups is 1. The van der Waals surface area contributed by atoms with Crippen LogP contribution < -0.4 is 0 Å². The van der Waals surface area contributed by atoms with Gasteiger partial charge in [0.25, 0.3) is 0 Å². The maximum Gasteiger partial charge on any atom is 0.331 e. The van der Waals surface area contributed by atoms with Crippen molar-refractivity contribution in [2.24, 2.45) is 0 Å². The lowest BCUT2D eigenvalue weighted by Crippen LogP contribution is -2.45. The number of carboxylic acid groups (broad SMARTS) is 1. The molecule has 0 aliphatic carbocycles. The van der Waals surface area contributed by atoms with E-state index in [0.717, 1.165) is 10.8 Å². The number of benzene rings is 2. The summed E-state index contributed by atoms with van der Waals surface area (Å²) in [4.78, 5) is 11.6. The van der Waals surface area contributed by atoms with Gasteiger partial charge in [0, 0.05) is 6.54 Å². The van der Waals surface area contributed by atoms with Gasteiger partial charge in [-0.1, -0.05) is 42.5 Å². The molecular weight excluding hydrogens is 245 g/mol. The number of halogens is 1. The van der Waals surface area contributed by atoms with Crippen molar-refractivity contribution in [1.29, 1.82) is 0 Å². The molecule has 0 bridgehead atoms. The van der Waals surface area contributed by atoms with Crippen LogP contribution in [-0.4, -0.2) is 22.7 Å². The first-order chi connectivity index (χ1) is 9.01. The van der Waals surface area contributed by atoms with Gasteiger partial charge in [0.2, 0.25) is 0 Å². The van der Waals surface area contributed by atoms with Crippen LogP contribution in [0.3, 0.4) is 0 Å². The van der Waals surface area contributed by atoms with E-state index in [1.165, 1.54) is 6.92 Å². The molecule has 100 valence electrons. The van der Waals surface area contributed by atoms with E-state index in [1.54, 1.807) is 19.1 Å². The fourth-order valence-electron chi connectivity index (χ4n) is 2.32. The highest BCUT2D eigenvalue weighted by molar-refractivity contribution is 5.92. The highest BCUT2D eigenvalue weighted by Crippen LogP contribution is 2.34. The van der Waals surface area contributed by atoms with E-state index in [1.807, 2.05) is 30.3 Å². The molecule has 1 atom stereocenters. The normalized spacial score (nSPS) is 14.5. The lowest BCUT2D eigenvalue weighted by Gasteiger charge is -2.31. The van der Waals surface area contributed by atoms with E-state index in [-0.39, 0.29) is 6.54 Å². The van der Waals surface area contributed by atoms with Crippen LogP contribution in [0.25, 0.3) is 10.8 Å². The summed E-state index contributed by atoms with van der Waals surface area (Å²) in [6.45, 7) is 2.99. The van der Waals surface area contributed by atoms with Crippen LogP contribution in [0.1, 0.15) is 19.4 Å². The molecule has 4 heteroatoms. The minimum absolute atomic E-state index is 0.00597. The highest BCUT2D eigenvalue weighted by Gasteiger charge is 2.42. The summed E-state index contributed by atoms with van der Waals surface area (Å²) in [5.74, 6) is -1.20. The van der Waals surface area contributed by atoms with Gasteiger partial charge in [-0.2, -0.15) is 0 Å². The third-order valence-corrected chi connectivity index (χ3v) is 3.49. The molecule has 0 aromatic heterocycles. The lowest BCUT2D eigenvalue weighted by atomic mass is 9.87. The largest absolute Gasteiger partial charge is 0.480 e. The minimum atomic E-state index is -1.68. The summed E-state index contributed by atoms with van der Waals surface area (Å²) >= 11 is 0. The molecule has 2 rings (SSSR count). The fraction of sp³-hybridized carbons (Fsp3) is 0.267. The van der Waals surface area contributed by atoms with E-state index in [4.69, 9.17) is 0 Å². The first-order valence-electron chi connectivity index (χ1n) is 6.17. The SMILES string of the molecule is CCN(F)C(C)(C(=O)O)c1cccc2ccccc12. The third-order valence-electron chi connectivity index (χ3n) is 3.49. The van der Waals surface area contributed by atoms with Crippen LogP contribution in [0, 0.1) is 0 Å². The van der Waals surface area contributed by atoms with Gasteiger partial charge in [0.05, 0.1) is 0 Å². The second-order valence-corrected chi connectivity index (χ2v) is 4.58. The van der Waals surface area contributed by atoms with Crippen molar-refractivity contribution in [2.45, 2.75) is 19.4 Å². The van der Waals surface area contributed by atoms with Gasteiger partial charge in [-0.15, -0.1) is 9.60 Å². The Morgan fingerprint density at radius 3 is 2.53 bits per heavy atom. The molecular formula is C15H16FNO2. The number of fused-ring (bicyclic) bond motifs is 1. The van der Waals surface area contributed by atoms with Gasteiger partial charge in [0.15, 0.2) is 5.54 Å².